The number of nitro benzene ring substituents is 1. The van der Waals surface area contributed by atoms with Crippen LogP contribution in [0.25, 0.3) is 0 Å². The summed E-state index contributed by atoms with van der Waals surface area (Å²) in [5, 5.41) is 11.0. The number of rotatable bonds is 6. The Labute approximate surface area is 175 Å². The zero-order valence-corrected chi connectivity index (χ0v) is 17.6. The molecule has 6 nitrogen and oxygen atoms in total. The number of halogens is 2. The van der Waals surface area contributed by atoms with Gasteiger partial charge in [-0.3, -0.25) is 10.1 Å². The van der Waals surface area contributed by atoms with E-state index in [1.165, 1.54) is 7.05 Å². The lowest BCUT2D eigenvalue weighted by Gasteiger charge is -2.29. The van der Waals surface area contributed by atoms with Crippen molar-refractivity contribution in [3.63, 3.8) is 0 Å². The van der Waals surface area contributed by atoms with Crippen molar-refractivity contribution in [1.82, 2.24) is 4.31 Å². The number of nitrogens with zero attached hydrogens (tertiary/aromatic N) is 2. The Morgan fingerprint density at radius 2 is 1.66 bits per heavy atom. The smallest absolute Gasteiger partial charge is 0.258 e. The van der Waals surface area contributed by atoms with Crippen LogP contribution in [0.4, 0.5) is 10.1 Å². The van der Waals surface area contributed by atoms with Crippen LogP contribution in [0.1, 0.15) is 17.2 Å². The molecule has 0 radical (unpaired) electrons. The van der Waals surface area contributed by atoms with Gasteiger partial charge in [0.1, 0.15) is 5.82 Å². The fourth-order valence-electron chi connectivity index (χ4n) is 3.02. The van der Waals surface area contributed by atoms with Crippen LogP contribution in [0.15, 0.2) is 82.2 Å². The molecule has 0 amide bonds. The second kappa shape index (κ2) is 8.40. The van der Waals surface area contributed by atoms with Gasteiger partial charge in [0, 0.05) is 17.6 Å². The highest BCUT2D eigenvalue weighted by molar-refractivity contribution is 9.10. The molecule has 0 N–H and O–H groups in total. The van der Waals surface area contributed by atoms with Gasteiger partial charge in [-0.15, -0.1) is 0 Å². The maximum atomic E-state index is 13.9. The molecular formula is C20H16BrFN2O4S. The van der Waals surface area contributed by atoms with Crippen LogP contribution in [-0.4, -0.2) is 24.7 Å². The van der Waals surface area contributed by atoms with E-state index < -0.39 is 37.4 Å². The summed E-state index contributed by atoms with van der Waals surface area (Å²) in [6, 6.07) is 17.7. The van der Waals surface area contributed by atoms with Crippen LogP contribution in [0.3, 0.4) is 0 Å². The SMILES string of the molecule is CN(C(c1ccccc1)c1ccccc1Br)S(=O)(=O)c1cc(F)cc([N+](=O)[O-])c1. The molecule has 3 aromatic carbocycles. The molecule has 3 rings (SSSR count). The molecule has 1 unspecified atom stereocenters. The molecule has 9 heteroatoms. The van der Waals surface area contributed by atoms with Crippen molar-refractivity contribution in [2.45, 2.75) is 10.9 Å². The topological polar surface area (TPSA) is 80.5 Å². The van der Waals surface area contributed by atoms with Crippen LogP contribution in [0.5, 0.6) is 0 Å². The van der Waals surface area contributed by atoms with E-state index in [1.54, 1.807) is 48.5 Å². The van der Waals surface area contributed by atoms with Gasteiger partial charge in [0.25, 0.3) is 5.69 Å². The molecule has 0 saturated carbocycles. The minimum Gasteiger partial charge on any atom is -0.258 e. The molecule has 29 heavy (non-hydrogen) atoms. The number of benzene rings is 3. The largest absolute Gasteiger partial charge is 0.273 e. The second-order valence-electron chi connectivity index (χ2n) is 6.26. The van der Waals surface area contributed by atoms with Crippen molar-refractivity contribution in [2.75, 3.05) is 7.05 Å². The highest BCUT2D eigenvalue weighted by Gasteiger charge is 2.32. The molecule has 0 spiro atoms. The lowest BCUT2D eigenvalue weighted by Crippen LogP contribution is -2.32. The Morgan fingerprint density at radius 1 is 1.03 bits per heavy atom. The van der Waals surface area contributed by atoms with E-state index in [4.69, 9.17) is 0 Å². The first-order chi connectivity index (χ1) is 13.7. The third-order valence-electron chi connectivity index (χ3n) is 4.42. The van der Waals surface area contributed by atoms with E-state index >= 15 is 0 Å². The van der Waals surface area contributed by atoms with Crippen molar-refractivity contribution >= 4 is 31.6 Å². The summed E-state index contributed by atoms with van der Waals surface area (Å²) in [6.45, 7) is 0. The Hall–Kier alpha value is -2.62. The quantitative estimate of drug-likeness (QED) is 0.372. The normalized spacial score (nSPS) is 12.7. The van der Waals surface area contributed by atoms with Gasteiger partial charge in [0.05, 0.1) is 21.9 Å². The molecule has 0 aliphatic rings. The first-order valence-corrected chi connectivity index (χ1v) is 10.7. The summed E-state index contributed by atoms with van der Waals surface area (Å²) in [5.41, 5.74) is 0.737. The van der Waals surface area contributed by atoms with Crippen molar-refractivity contribution in [3.05, 3.63) is 104 Å². The van der Waals surface area contributed by atoms with Gasteiger partial charge in [-0.1, -0.05) is 64.5 Å². The molecule has 0 aliphatic carbocycles. The van der Waals surface area contributed by atoms with Gasteiger partial charge in [-0.2, -0.15) is 4.31 Å². The summed E-state index contributed by atoms with van der Waals surface area (Å²) >= 11 is 3.46. The fraction of sp³-hybridized carbons (Fsp3) is 0.100. The lowest BCUT2D eigenvalue weighted by molar-refractivity contribution is -0.385. The fourth-order valence-corrected chi connectivity index (χ4v) is 4.90. The highest BCUT2D eigenvalue weighted by Crippen LogP contribution is 2.36. The first-order valence-electron chi connectivity index (χ1n) is 8.44. The number of sulfonamides is 1. The molecule has 1 atom stereocenters. The Morgan fingerprint density at radius 3 is 2.28 bits per heavy atom. The van der Waals surface area contributed by atoms with Gasteiger partial charge in [-0.25, -0.2) is 12.8 Å². The molecule has 0 saturated heterocycles. The van der Waals surface area contributed by atoms with Gasteiger partial charge in [-0.05, 0) is 23.3 Å². The Balaban J connectivity index is 2.17. The average molecular weight is 479 g/mol. The summed E-state index contributed by atoms with van der Waals surface area (Å²) in [6.07, 6.45) is 0. The van der Waals surface area contributed by atoms with Gasteiger partial charge in [0.15, 0.2) is 0 Å². The van der Waals surface area contributed by atoms with Crippen molar-refractivity contribution in [2.24, 2.45) is 0 Å². The number of nitro groups is 1. The molecule has 0 aliphatic heterocycles. The van der Waals surface area contributed by atoms with Crippen molar-refractivity contribution in [1.29, 1.82) is 0 Å². The van der Waals surface area contributed by atoms with Crippen molar-refractivity contribution < 1.29 is 17.7 Å². The summed E-state index contributed by atoms with van der Waals surface area (Å²) < 4.78 is 42.2. The van der Waals surface area contributed by atoms with E-state index in [2.05, 4.69) is 15.9 Å². The molecule has 0 aromatic heterocycles. The van der Waals surface area contributed by atoms with Gasteiger partial charge >= 0.3 is 0 Å². The first kappa shape index (κ1) is 21.1. The maximum Gasteiger partial charge on any atom is 0.273 e. The van der Waals surface area contributed by atoms with Crippen LogP contribution in [-0.2, 0) is 10.0 Å². The second-order valence-corrected chi connectivity index (χ2v) is 9.11. The third-order valence-corrected chi connectivity index (χ3v) is 6.95. The van der Waals surface area contributed by atoms with Crippen molar-refractivity contribution in [3.8, 4) is 0 Å². The summed E-state index contributed by atoms with van der Waals surface area (Å²) in [5.74, 6) is -0.997. The van der Waals surface area contributed by atoms with E-state index in [9.17, 15) is 22.9 Å². The summed E-state index contributed by atoms with van der Waals surface area (Å²) in [4.78, 5) is 9.73. The standard InChI is InChI=1S/C20H16BrFN2O4S/c1-23(29(27,28)17-12-15(22)11-16(13-17)24(25)26)20(14-7-3-2-4-8-14)18-9-5-6-10-19(18)21/h2-13,20H,1H3. The van der Waals surface area contributed by atoms with E-state index in [1.807, 2.05) is 6.07 Å². The number of hydrogen-bond acceptors (Lipinski definition) is 4. The monoisotopic (exact) mass is 478 g/mol. The van der Waals surface area contributed by atoms with E-state index in [0.717, 1.165) is 16.4 Å². The minimum atomic E-state index is -4.26. The zero-order valence-electron chi connectivity index (χ0n) is 15.2. The summed E-state index contributed by atoms with van der Waals surface area (Å²) in [7, 11) is -2.90. The third kappa shape index (κ3) is 4.36. The number of hydrogen-bond donors (Lipinski definition) is 0. The Bertz CT molecular complexity index is 1160. The maximum absolute atomic E-state index is 13.9. The zero-order chi connectivity index (χ0) is 21.2. The van der Waals surface area contributed by atoms with Gasteiger partial charge in [0.2, 0.25) is 10.0 Å². The molecule has 0 heterocycles. The van der Waals surface area contributed by atoms with E-state index in [-0.39, 0.29) is 0 Å². The average Bonchev–Trinajstić information content (AvgIpc) is 2.70. The van der Waals surface area contributed by atoms with Crippen LogP contribution in [0.2, 0.25) is 0 Å². The lowest BCUT2D eigenvalue weighted by atomic mass is 9.99. The number of non-ortho nitro benzene ring substituents is 1. The van der Waals surface area contributed by atoms with E-state index in [0.29, 0.717) is 21.7 Å². The molecular weight excluding hydrogens is 463 g/mol. The Kier molecular flexibility index (Phi) is 6.11. The minimum absolute atomic E-state index is 0.486. The van der Waals surface area contributed by atoms with Crippen LogP contribution < -0.4 is 0 Å². The van der Waals surface area contributed by atoms with Crippen LogP contribution in [0, 0.1) is 15.9 Å². The van der Waals surface area contributed by atoms with Crippen LogP contribution >= 0.6 is 15.9 Å². The molecule has 0 bridgehead atoms. The predicted octanol–water partition coefficient (Wildman–Crippen LogP) is 4.91. The highest BCUT2D eigenvalue weighted by atomic mass is 79.9. The van der Waals surface area contributed by atoms with Gasteiger partial charge < -0.3 is 0 Å². The molecule has 0 fully saturated rings. The molecule has 3 aromatic rings. The predicted molar refractivity (Wildman–Crippen MR) is 110 cm³/mol. The molecule has 150 valence electrons.